The number of hydrogen-bond acceptors (Lipinski definition) is 5. The van der Waals surface area contributed by atoms with Gasteiger partial charge in [0.15, 0.2) is 0 Å². The van der Waals surface area contributed by atoms with Gasteiger partial charge in [0, 0.05) is 25.9 Å². The molecular formula is C19H26BN3O4. The zero-order valence-corrected chi connectivity index (χ0v) is 15.6. The Hall–Kier alpha value is -2.77. The van der Waals surface area contributed by atoms with Crippen molar-refractivity contribution in [3.05, 3.63) is 47.9 Å². The Labute approximate surface area is 160 Å². The highest BCUT2D eigenvalue weighted by Gasteiger charge is 2.09. The van der Waals surface area contributed by atoms with Crippen LogP contribution in [0.15, 0.2) is 47.3 Å². The summed E-state index contributed by atoms with van der Waals surface area (Å²) in [6.45, 7) is 1.39. The zero-order valence-electron chi connectivity index (χ0n) is 15.6. The molecule has 0 saturated carbocycles. The zero-order chi connectivity index (χ0) is 19.3. The fourth-order valence-corrected chi connectivity index (χ4v) is 2.46. The second kappa shape index (κ2) is 11.8. The predicted octanol–water partition coefficient (Wildman–Crippen LogP) is 1.56. The summed E-state index contributed by atoms with van der Waals surface area (Å²) in [5, 5.41) is 5.36. The molecule has 2 rings (SSSR count). The smallest absolute Gasteiger partial charge is 0.407 e. The molecule has 8 heteroatoms. The van der Waals surface area contributed by atoms with Gasteiger partial charge in [-0.1, -0.05) is 30.3 Å². The van der Waals surface area contributed by atoms with Crippen molar-refractivity contribution in [2.24, 2.45) is 4.99 Å². The molecule has 0 fully saturated rings. The van der Waals surface area contributed by atoms with Gasteiger partial charge in [0.2, 0.25) is 5.91 Å². The lowest BCUT2D eigenvalue weighted by Gasteiger charge is -2.14. The van der Waals surface area contributed by atoms with Gasteiger partial charge in [0.1, 0.15) is 20.2 Å². The van der Waals surface area contributed by atoms with E-state index in [2.05, 4.69) is 23.5 Å². The third-order valence-corrected chi connectivity index (χ3v) is 3.85. The monoisotopic (exact) mass is 371 g/mol. The summed E-state index contributed by atoms with van der Waals surface area (Å²) in [5.74, 6) is 1.19. The Morgan fingerprint density at radius 1 is 1.19 bits per heavy atom. The standard InChI is InChI=1S/C19H26BN3O4/c20-16-11-17(13-21-12-16)26-10-4-7-18(24)22-8-9-23-19(25)27-14-15-5-2-1-3-6-15/h1-3,5-6,12-13,16H,4,7-11,14,20H2,(H,22,24)(H,23,25). The minimum absolute atomic E-state index is 0.0675. The van der Waals surface area contributed by atoms with Crippen molar-refractivity contribution >= 4 is 26.1 Å². The third-order valence-electron chi connectivity index (χ3n) is 3.85. The first-order valence-electron chi connectivity index (χ1n) is 9.20. The number of allylic oxidation sites excluding steroid dienone is 1. The van der Waals surface area contributed by atoms with Crippen molar-refractivity contribution < 1.29 is 19.1 Å². The quantitative estimate of drug-likeness (QED) is 0.483. The molecule has 0 saturated heterocycles. The number of nitrogens with zero attached hydrogens (tertiary/aromatic N) is 1. The Bertz CT molecular complexity index is 664. The van der Waals surface area contributed by atoms with Crippen LogP contribution in [0.3, 0.4) is 0 Å². The van der Waals surface area contributed by atoms with Gasteiger partial charge in [0.25, 0.3) is 0 Å². The summed E-state index contributed by atoms with van der Waals surface area (Å²) in [6, 6.07) is 9.45. The summed E-state index contributed by atoms with van der Waals surface area (Å²) in [7, 11) is 2.08. The summed E-state index contributed by atoms with van der Waals surface area (Å²) >= 11 is 0. The number of amides is 2. The molecule has 0 bridgehead atoms. The molecule has 7 nitrogen and oxygen atoms in total. The van der Waals surface area contributed by atoms with Crippen LogP contribution in [-0.4, -0.2) is 45.8 Å². The molecule has 1 aliphatic heterocycles. The Morgan fingerprint density at radius 2 is 1.96 bits per heavy atom. The molecule has 1 atom stereocenters. The largest absolute Gasteiger partial charge is 0.496 e. The summed E-state index contributed by atoms with van der Waals surface area (Å²) in [4.78, 5) is 27.4. The molecule has 27 heavy (non-hydrogen) atoms. The lowest BCUT2D eigenvalue weighted by atomic mass is 9.84. The number of carbonyl (C=O) groups is 2. The van der Waals surface area contributed by atoms with Crippen LogP contribution in [-0.2, 0) is 20.9 Å². The van der Waals surface area contributed by atoms with E-state index in [1.807, 2.05) is 36.5 Å². The molecule has 0 spiro atoms. The van der Waals surface area contributed by atoms with Crippen LogP contribution >= 0.6 is 0 Å². The first kappa shape index (κ1) is 20.5. The van der Waals surface area contributed by atoms with Gasteiger partial charge in [-0.15, -0.1) is 0 Å². The minimum Gasteiger partial charge on any atom is -0.496 e. The number of aliphatic imine (C=N–C) groups is 1. The van der Waals surface area contributed by atoms with Crippen LogP contribution in [0.25, 0.3) is 0 Å². The van der Waals surface area contributed by atoms with Gasteiger partial charge in [-0.3, -0.25) is 9.79 Å². The molecule has 2 amide bonds. The molecule has 1 aromatic rings. The lowest BCUT2D eigenvalue weighted by Crippen LogP contribution is -2.34. The van der Waals surface area contributed by atoms with E-state index in [0.29, 0.717) is 38.4 Å². The van der Waals surface area contributed by atoms with Crippen molar-refractivity contribution in [3.8, 4) is 0 Å². The number of nitrogens with one attached hydrogen (secondary N) is 2. The van der Waals surface area contributed by atoms with Gasteiger partial charge < -0.3 is 20.1 Å². The maximum atomic E-state index is 11.8. The number of ether oxygens (including phenoxy) is 2. The molecule has 0 aliphatic carbocycles. The van der Waals surface area contributed by atoms with Crippen molar-refractivity contribution in [1.82, 2.24) is 10.6 Å². The fourth-order valence-electron chi connectivity index (χ4n) is 2.46. The Morgan fingerprint density at radius 3 is 2.74 bits per heavy atom. The SMILES string of the molecule is BC1C=NC=C(OCCCC(=O)NCCNC(=O)OCc2ccccc2)C1. The number of hydrogen-bond donors (Lipinski definition) is 2. The van der Waals surface area contributed by atoms with E-state index < -0.39 is 6.09 Å². The first-order chi connectivity index (χ1) is 13.1. The lowest BCUT2D eigenvalue weighted by molar-refractivity contribution is -0.121. The van der Waals surface area contributed by atoms with E-state index in [-0.39, 0.29) is 12.5 Å². The number of benzene rings is 1. The normalized spacial score (nSPS) is 15.6. The molecule has 1 aliphatic rings. The highest BCUT2D eigenvalue weighted by molar-refractivity contribution is 6.20. The molecule has 0 radical (unpaired) electrons. The summed E-state index contributed by atoms with van der Waals surface area (Å²) in [6.07, 6.45) is 4.98. The Balaban J connectivity index is 1.45. The number of rotatable bonds is 10. The van der Waals surface area contributed by atoms with E-state index >= 15 is 0 Å². The topological polar surface area (TPSA) is 89.0 Å². The van der Waals surface area contributed by atoms with Crippen molar-refractivity contribution in [3.63, 3.8) is 0 Å². The maximum absolute atomic E-state index is 11.8. The summed E-state index contributed by atoms with van der Waals surface area (Å²) < 4.78 is 10.7. The molecule has 1 aromatic carbocycles. The predicted molar refractivity (Wildman–Crippen MR) is 106 cm³/mol. The van der Waals surface area contributed by atoms with Gasteiger partial charge in [-0.25, -0.2) is 4.79 Å². The van der Waals surface area contributed by atoms with Gasteiger partial charge in [0.05, 0.1) is 12.8 Å². The van der Waals surface area contributed by atoms with Crippen LogP contribution in [0.2, 0.25) is 5.82 Å². The van der Waals surface area contributed by atoms with Crippen molar-refractivity contribution in [2.75, 3.05) is 19.7 Å². The van der Waals surface area contributed by atoms with Crippen LogP contribution in [0.1, 0.15) is 24.8 Å². The average molecular weight is 371 g/mol. The number of alkyl carbamates (subject to hydrolysis) is 1. The highest BCUT2D eigenvalue weighted by Crippen LogP contribution is 2.17. The van der Waals surface area contributed by atoms with Gasteiger partial charge in [-0.2, -0.15) is 0 Å². The van der Waals surface area contributed by atoms with E-state index in [1.165, 1.54) is 0 Å². The van der Waals surface area contributed by atoms with E-state index in [0.717, 1.165) is 17.7 Å². The van der Waals surface area contributed by atoms with Crippen LogP contribution in [0, 0.1) is 0 Å². The Kier molecular flexibility index (Phi) is 8.96. The van der Waals surface area contributed by atoms with Gasteiger partial charge >= 0.3 is 6.09 Å². The second-order valence-corrected chi connectivity index (χ2v) is 6.37. The van der Waals surface area contributed by atoms with E-state index in [4.69, 9.17) is 9.47 Å². The van der Waals surface area contributed by atoms with Crippen molar-refractivity contribution in [2.45, 2.75) is 31.7 Å². The maximum Gasteiger partial charge on any atom is 0.407 e. The second-order valence-electron chi connectivity index (χ2n) is 6.37. The van der Waals surface area contributed by atoms with E-state index in [1.54, 1.807) is 6.20 Å². The number of carbonyl (C=O) groups excluding carboxylic acids is 2. The van der Waals surface area contributed by atoms with E-state index in [9.17, 15) is 9.59 Å². The van der Waals surface area contributed by atoms with Crippen LogP contribution < -0.4 is 10.6 Å². The van der Waals surface area contributed by atoms with Crippen LogP contribution in [0.5, 0.6) is 0 Å². The highest BCUT2D eigenvalue weighted by atomic mass is 16.5. The molecular weight excluding hydrogens is 345 g/mol. The van der Waals surface area contributed by atoms with Crippen LogP contribution in [0.4, 0.5) is 4.79 Å². The molecule has 144 valence electrons. The summed E-state index contributed by atoms with van der Waals surface area (Å²) in [5.41, 5.74) is 0.924. The van der Waals surface area contributed by atoms with Gasteiger partial charge in [-0.05, 0) is 24.0 Å². The fraction of sp³-hybridized carbons (Fsp3) is 0.421. The average Bonchev–Trinajstić information content (AvgIpc) is 2.68. The molecule has 2 N–H and O–H groups in total. The minimum atomic E-state index is -0.501. The molecule has 1 heterocycles. The third kappa shape index (κ3) is 8.94. The first-order valence-corrected chi connectivity index (χ1v) is 9.20. The molecule has 0 aromatic heterocycles. The molecule has 1 unspecified atom stereocenters. The van der Waals surface area contributed by atoms with Crippen molar-refractivity contribution in [1.29, 1.82) is 0 Å².